The van der Waals surface area contributed by atoms with Crippen molar-refractivity contribution in [1.82, 2.24) is 4.98 Å². The van der Waals surface area contributed by atoms with Crippen LogP contribution in [0, 0.1) is 0 Å². The molecule has 1 aliphatic carbocycles. The van der Waals surface area contributed by atoms with E-state index in [1.807, 2.05) is 0 Å². The Morgan fingerprint density at radius 3 is 2.65 bits per heavy atom. The molecule has 1 heterocycles. The zero-order valence-corrected chi connectivity index (χ0v) is 10.3. The van der Waals surface area contributed by atoms with E-state index in [1.54, 1.807) is 0 Å². The van der Waals surface area contributed by atoms with E-state index in [1.165, 1.54) is 6.07 Å². The van der Waals surface area contributed by atoms with Gasteiger partial charge in [0.1, 0.15) is 0 Å². The van der Waals surface area contributed by atoms with Gasteiger partial charge in [0, 0.05) is 11.1 Å². The van der Waals surface area contributed by atoms with Crippen LogP contribution in [0.4, 0.5) is 13.2 Å². The van der Waals surface area contributed by atoms with Crippen molar-refractivity contribution in [3.05, 3.63) is 40.6 Å². The minimum absolute atomic E-state index is 0.0337. The number of pyridine rings is 1. The van der Waals surface area contributed by atoms with E-state index in [0.29, 0.717) is 29.6 Å². The number of aromatic carboxylic acids is 1. The molecule has 104 valence electrons. The number of benzene rings is 1. The molecule has 0 amide bonds. The fraction of sp³-hybridized carbons (Fsp3) is 0.286. The second-order valence-electron chi connectivity index (χ2n) is 4.80. The van der Waals surface area contributed by atoms with Gasteiger partial charge in [0.25, 0.3) is 0 Å². The lowest BCUT2D eigenvalue weighted by Gasteiger charge is -2.12. The van der Waals surface area contributed by atoms with Gasteiger partial charge in [0.05, 0.1) is 16.6 Å². The van der Waals surface area contributed by atoms with Crippen molar-refractivity contribution >= 4 is 16.9 Å². The number of carbonyl (C=O) groups is 1. The maximum atomic E-state index is 12.8. The smallest absolute Gasteiger partial charge is 0.416 e. The topological polar surface area (TPSA) is 50.2 Å². The Bertz CT molecular complexity index is 722. The first-order valence-corrected chi connectivity index (χ1v) is 6.14. The Balaban J connectivity index is 2.36. The summed E-state index contributed by atoms with van der Waals surface area (Å²) in [6.45, 7) is 0. The van der Waals surface area contributed by atoms with E-state index in [0.717, 1.165) is 18.6 Å². The quantitative estimate of drug-likeness (QED) is 0.871. The van der Waals surface area contributed by atoms with Crippen LogP contribution in [0.25, 0.3) is 10.9 Å². The van der Waals surface area contributed by atoms with Gasteiger partial charge >= 0.3 is 12.1 Å². The second-order valence-corrected chi connectivity index (χ2v) is 4.80. The van der Waals surface area contributed by atoms with Gasteiger partial charge in [-0.3, -0.25) is 4.98 Å². The molecule has 0 saturated carbocycles. The number of hydrogen-bond donors (Lipinski definition) is 1. The number of nitrogens with zero attached hydrogens (tertiary/aromatic N) is 1. The van der Waals surface area contributed by atoms with E-state index in [2.05, 4.69) is 4.98 Å². The number of fused-ring (bicyclic) bond motifs is 2. The highest BCUT2D eigenvalue weighted by Gasteiger charge is 2.32. The van der Waals surface area contributed by atoms with Crippen molar-refractivity contribution < 1.29 is 23.1 Å². The molecule has 3 rings (SSSR count). The number of halogens is 3. The number of aromatic nitrogens is 1. The van der Waals surface area contributed by atoms with Gasteiger partial charge in [-0.1, -0.05) is 0 Å². The summed E-state index contributed by atoms with van der Waals surface area (Å²) in [5.74, 6) is -1.20. The van der Waals surface area contributed by atoms with E-state index in [9.17, 15) is 23.1 Å². The number of aryl methyl sites for hydroxylation is 1. The van der Waals surface area contributed by atoms with Gasteiger partial charge in [-0.2, -0.15) is 13.2 Å². The third kappa shape index (κ3) is 1.92. The Labute approximate surface area is 112 Å². The summed E-state index contributed by atoms with van der Waals surface area (Å²) < 4.78 is 38.3. The average molecular weight is 281 g/mol. The fourth-order valence-electron chi connectivity index (χ4n) is 2.68. The molecule has 0 aliphatic heterocycles. The number of carboxylic acid groups (broad SMARTS) is 1. The lowest BCUT2D eigenvalue weighted by atomic mass is 9.99. The minimum atomic E-state index is -4.50. The predicted octanol–water partition coefficient (Wildman–Crippen LogP) is 3.44. The number of carboxylic acids is 1. The summed E-state index contributed by atoms with van der Waals surface area (Å²) in [7, 11) is 0. The first-order valence-electron chi connectivity index (χ1n) is 6.14. The van der Waals surface area contributed by atoms with Crippen LogP contribution < -0.4 is 0 Å². The molecule has 1 aromatic carbocycles. The molecule has 6 heteroatoms. The van der Waals surface area contributed by atoms with E-state index < -0.39 is 17.7 Å². The predicted molar refractivity (Wildman–Crippen MR) is 65.7 cm³/mol. The number of hydrogen-bond acceptors (Lipinski definition) is 2. The summed E-state index contributed by atoms with van der Waals surface area (Å²) in [5, 5.41) is 9.39. The molecule has 0 atom stereocenters. The Morgan fingerprint density at radius 2 is 2.00 bits per heavy atom. The van der Waals surface area contributed by atoms with E-state index in [4.69, 9.17) is 0 Å². The van der Waals surface area contributed by atoms with Gasteiger partial charge in [0.15, 0.2) is 0 Å². The molecule has 0 radical (unpaired) electrons. The van der Waals surface area contributed by atoms with Gasteiger partial charge in [-0.15, -0.1) is 0 Å². The third-order valence-electron chi connectivity index (χ3n) is 3.55. The summed E-state index contributed by atoms with van der Waals surface area (Å²) in [4.78, 5) is 15.7. The van der Waals surface area contributed by atoms with Crippen LogP contribution in [0.1, 0.15) is 33.6 Å². The molecular weight excluding hydrogens is 271 g/mol. The molecule has 0 unspecified atom stereocenters. The number of alkyl halides is 3. The molecule has 1 aliphatic rings. The van der Waals surface area contributed by atoms with E-state index >= 15 is 0 Å². The summed E-state index contributed by atoms with van der Waals surface area (Å²) in [5.41, 5.74) is 0.677. The zero-order chi connectivity index (χ0) is 14.5. The molecular formula is C14H10F3NO2. The summed E-state index contributed by atoms with van der Waals surface area (Å²) in [6, 6.07) is 3.05. The molecule has 0 spiro atoms. The van der Waals surface area contributed by atoms with Crippen LogP contribution >= 0.6 is 0 Å². The lowest BCUT2D eigenvalue weighted by Crippen LogP contribution is -2.08. The Hall–Kier alpha value is -2.11. The molecule has 0 fully saturated rings. The Kier molecular flexibility index (Phi) is 2.70. The van der Waals surface area contributed by atoms with Crippen LogP contribution in [0.2, 0.25) is 0 Å². The molecule has 1 aromatic heterocycles. The van der Waals surface area contributed by atoms with Crippen molar-refractivity contribution in [1.29, 1.82) is 0 Å². The van der Waals surface area contributed by atoms with Crippen LogP contribution in [-0.4, -0.2) is 16.1 Å². The summed E-state index contributed by atoms with van der Waals surface area (Å²) in [6.07, 6.45) is -2.49. The first-order chi connectivity index (χ1) is 9.38. The van der Waals surface area contributed by atoms with Crippen molar-refractivity contribution in [3.8, 4) is 0 Å². The van der Waals surface area contributed by atoms with Crippen LogP contribution in [-0.2, 0) is 19.0 Å². The monoisotopic (exact) mass is 281 g/mol. The van der Waals surface area contributed by atoms with Crippen molar-refractivity contribution in [3.63, 3.8) is 0 Å². The molecule has 2 aromatic rings. The highest BCUT2D eigenvalue weighted by atomic mass is 19.4. The number of rotatable bonds is 1. The fourth-order valence-corrected chi connectivity index (χ4v) is 2.68. The van der Waals surface area contributed by atoms with Crippen molar-refractivity contribution in [2.24, 2.45) is 0 Å². The van der Waals surface area contributed by atoms with Crippen LogP contribution in [0.15, 0.2) is 18.2 Å². The van der Waals surface area contributed by atoms with Crippen LogP contribution in [0.3, 0.4) is 0 Å². The minimum Gasteiger partial charge on any atom is -0.478 e. The molecule has 20 heavy (non-hydrogen) atoms. The zero-order valence-electron chi connectivity index (χ0n) is 10.3. The average Bonchev–Trinajstić information content (AvgIpc) is 2.80. The third-order valence-corrected chi connectivity index (χ3v) is 3.55. The standard InChI is InChI=1S/C14H10F3NO2/c15-14(16,17)7-4-5-11-9(6-7)12(13(19)20)8-2-1-3-10(8)18-11/h4-6H,1-3H2,(H,19,20). The highest BCUT2D eigenvalue weighted by molar-refractivity contribution is 6.04. The second kappa shape index (κ2) is 4.19. The normalized spacial score (nSPS) is 14.6. The van der Waals surface area contributed by atoms with Gasteiger partial charge in [-0.25, -0.2) is 4.79 Å². The van der Waals surface area contributed by atoms with Gasteiger partial charge < -0.3 is 5.11 Å². The first kappa shape index (κ1) is 12.9. The molecule has 0 saturated heterocycles. The van der Waals surface area contributed by atoms with E-state index in [-0.39, 0.29) is 10.9 Å². The lowest BCUT2D eigenvalue weighted by molar-refractivity contribution is -0.137. The van der Waals surface area contributed by atoms with Gasteiger partial charge in [0.2, 0.25) is 0 Å². The van der Waals surface area contributed by atoms with Crippen LogP contribution in [0.5, 0.6) is 0 Å². The molecule has 0 bridgehead atoms. The molecule has 1 N–H and O–H groups in total. The summed E-state index contributed by atoms with van der Waals surface area (Å²) >= 11 is 0. The largest absolute Gasteiger partial charge is 0.478 e. The SMILES string of the molecule is O=C(O)c1c2c(nc3ccc(C(F)(F)F)cc13)CCC2. The highest BCUT2D eigenvalue weighted by Crippen LogP contribution is 2.35. The van der Waals surface area contributed by atoms with Crippen molar-refractivity contribution in [2.45, 2.75) is 25.4 Å². The maximum absolute atomic E-state index is 12.8. The Morgan fingerprint density at radius 1 is 1.25 bits per heavy atom. The molecule has 3 nitrogen and oxygen atoms in total. The van der Waals surface area contributed by atoms with Gasteiger partial charge in [-0.05, 0) is 43.0 Å². The maximum Gasteiger partial charge on any atom is 0.416 e. The van der Waals surface area contributed by atoms with Crippen molar-refractivity contribution in [2.75, 3.05) is 0 Å².